The van der Waals surface area contributed by atoms with E-state index in [4.69, 9.17) is 9.47 Å². The van der Waals surface area contributed by atoms with E-state index >= 15 is 0 Å². The number of ether oxygens (including phenoxy) is 4. The highest BCUT2D eigenvalue weighted by Gasteiger charge is 2.71. The minimum atomic E-state index is -4.70. The quantitative estimate of drug-likeness (QED) is 0.309. The lowest BCUT2D eigenvalue weighted by Gasteiger charge is -2.65. The second-order valence-electron chi connectivity index (χ2n) is 11.3. The Morgan fingerprint density at radius 1 is 1.14 bits per heavy atom. The highest BCUT2D eigenvalue weighted by atomic mass is 19.4. The Kier molecular flexibility index (Phi) is 5.82. The molecule has 0 saturated heterocycles. The highest BCUT2D eigenvalue weighted by molar-refractivity contribution is 5.80. The molecule has 5 aliphatic rings. The van der Waals surface area contributed by atoms with Crippen molar-refractivity contribution in [1.29, 1.82) is 0 Å². The zero-order chi connectivity index (χ0) is 29.6. The highest BCUT2D eigenvalue weighted by Crippen LogP contribution is 2.67. The maximum Gasteiger partial charge on any atom is 0.586 e. The number of alkyl halides is 5. The van der Waals surface area contributed by atoms with Gasteiger partial charge in [-0.3, -0.25) is 4.79 Å². The molecule has 3 saturated carbocycles. The fourth-order valence-corrected chi connectivity index (χ4v) is 6.54. The fourth-order valence-electron chi connectivity index (χ4n) is 6.54. The molecule has 2 bridgehead atoms. The van der Waals surface area contributed by atoms with Gasteiger partial charge in [0.15, 0.2) is 17.2 Å². The van der Waals surface area contributed by atoms with Crippen molar-refractivity contribution in [1.82, 2.24) is 9.78 Å². The largest absolute Gasteiger partial charge is 0.586 e. The third-order valence-electron chi connectivity index (χ3n) is 8.72. The third kappa shape index (κ3) is 4.19. The number of carbonyl (C=O) groups is 1. The smallest absolute Gasteiger partial charge is 0.486 e. The summed E-state index contributed by atoms with van der Waals surface area (Å²) in [6.07, 6.45) is -8.31. The van der Waals surface area contributed by atoms with Crippen LogP contribution in [0.3, 0.4) is 0 Å². The summed E-state index contributed by atoms with van der Waals surface area (Å²) in [5.41, 5.74) is -0.825. The summed E-state index contributed by atoms with van der Waals surface area (Å²) in [6, 6.07) is 10.6. The van der Waals surface area contributed by atoms with Gasteiger partial charge in [0.2, 0.25) is 0 Å². The number of aliphatic carboxylic acids is 1. The van der Waals surface area contributed by atoms with E-state index in [1.807, 2.05) is 0 Å². The van der Waals surface area contributed by atoms with E-state index in [1.165, 1.54) is 22.9 Å². The first-order valence-electron chi connectivity index (χ1n) is 13.6. The van der Waals surface area contributed by atoms with Gasteiger partial charge in [-0.1, -0.05) is 12.1 Å². The van der Waals surface area contributed by atoms with Gasteiger partial charge in [0.05, 0.1) is 22.9 Å². The van der Waals surface area contributed by atoms with E-state index in [2.05, 4.69) is 14.6 Å². The molecular formula is C29H25F5N2O6. The number of hydrogen-bond donors (Lipinski definition) is 1. The van der Waals surface area contributed by atoms with E-state index in [0.717, 1.165) is 0 Å². The van der Waals surface area contributed by atoms with Crippen LogP contribution in [0.2, 0.25) is 0 Å². The molecule has 1 aromatic heterocycles. The predicted octanol–water partition coefficient (Wildman–Crippen LogP) is 6.61. The maximum absolute atomic E-state index is 14.1. The van der Waals surface area contributed by atoms with Gasteiger partial charge in [-0.2, -0.15) is 18.3 Å². The van der Waals surface area contributed by atoms with Crippen molar-refractivity contribution in [3.8, 4) is 22.9 Å². The summed E-state index contributed by atoms with van der Waals surface area (Å²) in [6.45, 7) is 1.69. The number of carboxylic acid groups (broad SMARTS) is 1. The number of benzene rings is 2. The molecule has 13 heteroatoms. The SMILES string of the molecule is C[C@H](Oc1cccc(-n2nc(C(F)(F)F)c3c2C(OC2C4CC2(C(=O)O)C4)CCC3)c1)c1ccc2c(c1)OC(F)(F)O2. The van der Waals surface area contributed by atoms with Crippen LogP contribution in [0.4, 0.5) is 22.0 Å². The molecule has 3 atom stereocenters. The van der Waals surface area contributed by atoms with Crippen molar-refractivity contribution in [3.63, 3.8) is 0 Å². The van der Waals surface area contributed by atoms with Gasteiger partial charge >= 0.3 is 18.4 Å². The van der Waals surface area contributed by atoms with Crippen LogP contribution >= 0.6 is 0 Å². The Balaban J connectivity index is 1.19. The molecule has 2 aromatic carbocycles. The summed E-state index contributed by atoms with van der Waals surface area (Å²) in [5, 5.41) is 13.7. The standard InChI is InChI=1S/C29H25F5N2O6/c1-14(15-8-9-20-22(10-15)42-29(33,34)41-20)39-18-5-2-4-17(11-18)36-23-19(24(35-36)28(30,31)32)6-3-7-21(23)40-25-16-12-27(25,13-16)26(37)38/h2,4-5,8-11,14,16,21,25H,3,6-7,12-13H2,1H3,(H,37,38)/t14-,16?,21?,25?,27?/m0/s1. The van der Waals surface area contributed by atoms with E-state index in [1.54, 1.807) is 31.2 Å². The van der Waals surface area contributed by atoms with Gasteiger partial charge in [-0.15, -0.1) is 8.78 Å². The molecule has 2 heterocycles. The Bertz CT molecular complexity index is 1580. The van der Waals surface area contributed by atoms with Gasteiger partial charge in [-0.05, 0) is 74.8 Å². The fraction of sp³-hybridized carbons (Fsp3) is 0.448. The summed E-state index contributed by atoms with van der Waals surface area (Å²) < 4.78 is 91.6. The first-order valence-corrected chi connectivity index (χ1v) is 13.6. The number of aromatic nitrogens is 2. The summed E-state index contributed by atoms with van der Waals surface area (Å²) in [5.74, 6) is -0.785. The van der Waals surface area contributed by atoms with Crippen molar-refractivity contribution >= 4 is 5.97 Å². The zero-order valence-corrected chi connectivity index (χ0v) is 22.2. The average molecular weight is 593 g/mol. The summed E-state index contributed by atoms with van der Waals surface area (Å²) in [7, 11) is 0. The van der Waals surface area contributed by atoms with Crippen molar-refractivity contribution < 1.29 is 50.8 Å². The first kappa shape index (κ1) is 27.0. The van der Waals surface area contributed by atoms with E-state index in [9.17, 15) is 31.9 Å². The third-order valence-corrected chi connectivity index (χ3v) is 8.72. The Morgan fingerprint density at radius 3 is 2.60 bits per heavy atom. The molecule has 1 aliphatic heterocycles. The molecular weight excluding hydrogens is 567 g/mol. The van der Waals surface area contributed by atoms with Crippen LogP contribution in [0.25, 0.3) is 5.69 Å². The zero-order valence-electron chi connectivity index (χ0n) is 22.2. The van der Waals surface area contributed by atoms with Gasteiger partial charge in [0.1, 0.15) is 18.0 Å². The van der Waals surface area contributed by atoms with Gasteiger partial charge in [0, 0.05) is 11.6 Å². The number of rotatable bonds is 7. The minimum Gasteiger partial charge on any atom is -0.486 e. The molecule has 4 aliphatic carbocycles. The topological polar surface area (TPSA) is 92.0 Å². The molecule has 8 rings (SSSR count). The van der Waals surface area contributed by atoms with Crippen molar-refractivity contribution in [2.24, 2.45) is 11.3 Å². The van der Waals surface area contributed by atoms with E-state index in [0.29, 0.717) is 42.7 Å². The lowest BCUT2D eigenvalue weighted by Crippen LogP contribution is -2.70. The number of carboxylic acids is 1. The molecule has 0 spiro atoms. The monoisotopic (exact) mass is 592 g/mol. The number of nitrogens with zero attached hydrogens (tertiary/aromatic N) is 2. The lowest BCUT2D eigenvalue weighted by molar-refractivity contribution is -0.286. The second-order valence-corrected chi connectivity index (χ2v) is 11.3. The maximum atomic E-state index is 14.1. The van der Waals surface area contributed by atoms with Crippen molar-refractivity contribution in [2.75, 3.05) is 0 Å². The molecule has 1 N–H and O–H groups in total. The molecule has 2 unspecified atom stereocenters. The Labute approximate surface area is 235 Å². The molecule has 42 heavy (non-hydrogen) atoms. The van der Waals surface area contributed by atoms with Crippen LogP contribution in [0.15, 0.2) is 42.5 Å². The van der Waals surface area contributed by atoms with Gasteiger partial charge in [-0.25, -0.2) is 4.68 Å². The van der Waals surface area contributed by atoms with E-state index < -0.39 is 47.9 Å². The minimum absolute atomic E-state index is 0.0490. The molecule has 3 aromatic rings. The Morgan fingerprint density at radius 2 is 1.90 bits per heavy atom. The summed E-state index contributed by atoms with van der Waals surface area (Å²) in [4.78, 5) is 11.9. The van der Waals surface area contributed by atoms with Crippen molar-refractivity contribution in [2.45, 2.75) is 69.8 Å². The van der Waals surface area contributed by atoms with Crippen LogP contribution in [-0.2, 0) is 22.1 Å². The van der Waals surface area contributed by atoms with Crippen molar-refractivity contribution in [3.05, 3.63) is 65.0 Å². The molecule has 8 nitrogen and oxygen atoms in total. The molecule has 222 valence electrons. The van der Waals surface area contributed by atoms with Crippen LogP contribution < -0.4 is 14.2 Å². The number of hydrogen-bond acceptors (Lipinski definition) is 6. The second kappa shape index (κ2) is 9.06. The van der Waals surface area contributed by atoms with Crippen LogP contribution in [0.5, 0.6) is 17.2 Å². The Hall–Kier alpha value is -3.87. The number of fused-ring (bicyclic) bond motifs is 2. The molecule has 0 radical (unpaired) electrons. The predicted molar refractivity (Wildman–Crippen MR) is 134 cm³/mol. The average Bonchev–Trinajstić information content (AvgIpc) is 3.42. The number of halogens is 5. The molecule has 0 amide bonds. The van der Waals surface area contributed by atoms with Gasteiger partial charge in [0.25, 0.3) is 0 Å². The van der Waals surface area contributed by atoms with Crippen LogP contribution in [-0.4, -0.2) is 33.3 Å². The lowest BCUT2D eigenvalue weighted by atomic mass is 9.42. The van der Waals surface area contributed by atoms with Gasteiger partial charge < -0.3 is 24.1 Å². The van der Waals surface area contributed by atoms with Crippen LogP contribution in [0, 0.1) is 11.3 Å². The first-order chi connectivity index (χ1) is 19.8. The van der Waals surface area contributed by atoms with Crippen LogP contribution in [0.1, 0.15) is 67.3 Å². The normalized spacial score (nSPS) is 27.4. The summed E-state index contributed by atoms with van der Waals surface area (Å²) >= 11 is 0. The van der Waals surface area contributed by atoms with E-state index in [-0.39, 0.29) is 35.1 Å². The molecule has 3 fully saturated rings.